The second kappa shape index (κ2) is 12.6. The highest BCUT2D eigenvalue weighted by molar-refractivity contribution is 14.1. The number of halogens is 4. The molecule has 2 aromatic heterocycles. The van der Waals surface area contributed by atoms with Gasteiger partial charge in [0, 0.05) is 47.8 Å². The number of carbonyl (C=O) groups excluding carboxylic acids is 1. The molecule has 0 saturated heterocycles. The first kappa shape index (κ1) is 30.6. The average Bonchev–Trinajstić information content (AvgIpc) is 3.32. The Kier molecular flexibility index (Phi) is 9.41. The van der Waals surface area contributed by atoms with Crippen molar-refractivity contribution in [2.24, 2.45) is 0 Å². The van der Waals surface area contributed by atoms with Gasteiger partial charge in [0.05, 0.1) is 11.1 Å². The summed E-state index contributed by atoms with van der Waals surface area (Å²) in [6.45, 7) is 2.83. The normalized spacial score (nSPS) is 12.0. The number of hydrogen-bond donors (Lipinski definition) is 1. The number of anilines is 2. The minimum atomic E-state index is -4.47. The molecule has 0 atom stereocenters. The number of nitrogens with zero attached hydrogens (tertiary/aromatic N) is 4. The summed E-state index contributed by atoms with van der Waals surface area (Å²) in [4.78, 5) is 22.6. The number of likely N-dealkylation sites (N-methyl/N-ethyl adjacent to an activating group) is 1. The van der Waals surface area contributed by atoms with Gasteiger partial charge in [0.25, 0.3) is 0 Å². The predicted octanol–water partition coefficient (Wildman–Crippen LogP) is 5.81. The lowest BCUT2D eigenvalue weighted by molar-refractivity contribution is -0.137. The minimum absolute atomic E-state index is 0.0816. The van der Waals surface area contributed by atoms with E-state index in [1.54, 1.807) is 19.1 Å². The topological polar surface area (TPSA) is 106 Å². The molecule has 2 aromatic carbocycles. The third-order valence-electron chi connectivity index (χ3n) is 6.14. The molecule has 0 radical (unpaired) electrons. The van der Waals surface area contributed by atoms with Crippen LogP contribution in [-0.2, 0) is 31.8 Å². The average molecular weight is 702 g/mol. The van der Waals surface area contributed by atoms with Gasteiger partial charge >= 0.3 is 6.18 Å². The van der Waals surface area contributed by atoms with E-state index in [1.807, 2.05) is 22.9 Å². The fraction of sp³-hybridized carbons (Fsp3) is 0.296. The van der Waals surface area contributed by atoms with E-state index in [1.165, 1.54) is 23.4 Å². The largest absolute Gasteiger partial charge is 0.457 e. The number of benzene rings is 2. The van der Waals surface area contributed by atoms with E-state index < -0.39 is 33.2 Å². The van der Waals surface area contributed by atoms with Crippen LogP contribution in [0.25, 0.3) is 11.0 Å². The second-order valence-corrected chi connectivity index (χ2v) is 12.1. The number of alkyl halides is 4. The Morgan fingerprint density at radius 1 is 1.15 bits per heavy atom. The van der Waals surface area contributed by atoms with E-state index in [0.717, 1.165) is 24.0 Å². The smallest absolute Gasteiger partial charge is 0.416 e. The van der Waals surface area contributed by atoms with E-state index in [-0.39, 0.29) is 5.75 Å². The van der Waals surface area contributed by atoms with Crippen molar-refractivity contribution in [3.63, 3.8) is 0 Å². The molecule has 4 rings (SSSR count). The molecule has 14 heteroatoms. The fourth-order valence-corrected chi connectivity index (χ4v) is 5.40. The van der Waals surface area contributed by atoms with Crippen LogP contribution in [0.4, 0.5) is 24.7 Å². The molecule has 0 aliphatic carbocycles. The number of aromatic nitrogens is 3. The van der Waals surface area contributed by atoms with E-state index in [9.17, 15) is 26.4 Å². The standard InChI is InChI=1S/C27H27F3IN5O4S/c1-3-35(24(37)16-41(2,38)39)11-12-36-10-9-22-25(36)26(33-17-32-22)34-20-7-8-23(18(13-20)15-31)40-21-6-4-5-19(14-21)27(28,29)30/h4-10,13-14,17H,3,11-12,15-16H2,1-2H3,(H,32,33,34). The molecular weight excluding hydrogens is 674 g/mol. The fourth-order valence-electron chi connectivity index (χ4n) is 4.17. The molecule has 9 nitrogen and oxygen atoms in total. The van der Waals surface area contributed by atoms with Crippen LogP contribution < -0.4 is 10.1 Å². The predicted molar refractivity (Wildman–Crippen MR) is 158 cm³/mol. The van der Waals surface area contributed by atoms with Gasteiger partial charge in [-0.3, -0.25) is 4.79 Å². The molecule has 0 unspecified atom stereocenters. The third-order valence-corrected chi connectivity index (χ3v) is 7.73. The Morgan fingerprint density at radius 3 is 2.61 bits per heavy atom. The van der Waals surface area contributed by atoms with E-state index in [2.05, 4.69) is 37.9 Å². The molecule has 0 aliphatic heterocycles. The first-order valence-electron chi connectivity index (χ1n) is 12.4. The van der Waals surface area contributed by atoms with E-state index in [4.69, 9.17) is 4.74 Å². The van der Waals surface area contributed by atoms with Crippen molar-refractivity contribution in [2.75, 3.05) is 30.4 Å². The van der Waals surface area contributed by atoms with Crippen molar-refractivity contribution < 1.29 is 31.1 Å². The Labute approximate surface area is 248 Å². The van der Waals surface area contributed by atoms with Crippen molar-refractivity contribution in [3.05, 3.63) is 72.2 Å². The van der Waals surface area contributed by atoms with Crippen LogP contribution in [-0.4, -0.2) is 58.9 Å². The van der Waals surface area contributed by atoms with Gasteiger partial charge in [0.2, 0.25) is 5.91 Å². The monoisotopic (exact) mass is 701 g/mol. The van der Waals surface area contributed by atoms with Gasteiger partial charge in [0.1, 0.15) is 29.1 Å². The first-order chi connectivity index (χ1) is 19.4. The molecular formula is C27H27F3IN5O4S. The zero-order valence-corrected chi connectivity index (χ0v) is 25.1. The Hall–Kier alpha value is -3.40. The zero-order chi connectivity index (χ0) is 29.8. The SMILES string of the molecule is CCN(CCn1ccc2ncnc(Nc3ccc(Oc4cccc(C(F)(F)F)c4)c(CI)c3)c21)C(=O)CS(C)(=O)=O. The molecule has 0 bridgehead atoms. The number of rotatable bonds is 11. The Morgan fingerprint density at radius 2 is 1.93 bits per heavy atom. The molecule has 41 heavy (non-hydrogen) atoms. The first-order valence-corrected chi connectivity index (χ1v) is 16.0. The highest BCUT2D eigenvalue weighted by Gasteiger charge is 2.30. The van der Waals surface area contributed by atoms with Crippen LogP contribution in [0, 0.1) is 0 Å². The van der Waals surface area contributed by atoms with Crippen molar-refractivity contribution in [3.8, 4) is 11.5 Å². The quantitative estimate of drug-likeness (QED) is 0.155. The number of ether oxygens (including phenoxy) is 1. The van der Waals surface area contributed by atoms with Gasteiger partial charge < -0.3 is 19.5 Å². The third kappa shape index (κ3) is 7.87. The van der Waals surface area contributed by atoms with Crippen LogP contribution in [0.5, 0.6) is 11.5 Å². The maximum Gasteiger partial charge on any atom is 0.416 e. The van der Waals surface area contributed by atoms with Crippen molar-refractivity contribution >= 4 is 60.9 Å². The van der Waals surface area contributed by atoms with Crippen molar-refractivity contribution in [2.45, 2.75) is 24.1 Å². The van der Waals surface area contributed by atoms with Gasteiger partial charge in [0.15, 0.2) is 15.7 Å². The van der Waals surface area contributed by atoms with Crippen LogP contribution in [0.15, 0.2) is 61.1 Å². The summed E-state index contributed by atoms with van der Waals surface area (Å²) in [6.07, 6.45) is -0.198. The lowest BCUT2D eigenvalue weighted by Gasteiger charge is -2.21. The Bertz CT molecular complexity index is 1660. The molecule has 218 valence electrons. The van der Waals surface area contributed by atoms with Crippen LogP contribution in [0.3, 0.4) is 0 Å². The highest BCUT2D eigenvalue weighted by atomic mass is 127. The molecule has 1 N–H and O–H groups in total. The molecule has 4 aromatic rings. The molecule has 0 saturated carbocycles. The second-order valence-electron chi connectivity index (χ2n) is 9.22. The maximum absolute atomic E-state index is 13.1. The van der Waals surface area contributed by atoms with Gasteiger partial charge in [-0.1, -0.05) is 28.7 Å². The van der Waals surface area contributed by atoms with E-state index >= 15 is 0 Å². The lowest BCUT2D eigenvalue weighted by atomic mass is 10.2. The number of nitrogens with one attached hydrogen (secondary N) is 1. The van der Waals surface area contributed by atoms with Crippen molar-refractivity contribution in [1.29, 1.82) is 0 Å². The summed E-state index contributed by atoms with van der Waals surface area (Å²) in [5.41, 5.74) is 2.02. The minimum Gasteiger partial charge on any atom is -0.457 e. The molecule has 0 spiro atoms. The maximum atomic E-state index is 13.1. The number of carbonyl (C=O) groups is 1. The summed E-state index contributed by atoms with van der Waals surface area (Å²) < 4.78 is 70.7. The van der Waals surface area contributed by atoms with Crippen LogP contribution in [0.1, 0.15) is 18.1 Å². The van der Waals surface area contributed by atoms with E-state index in [0.29, 0.717) is 52.3 Å². The summed E-state index contributed by atoms with van der Waals surface area (Å²) in [7, 11) is -3.44. The number of hydrogen-bond acceptors (Lipinski definition) is 7. The van der Waals surface area contributed by atoms with Gasteiger partial charge in [-0.15, -0.1) is 0 Å². The highest BCUT2D eigenvalue weighted by Crippen LogP contribution is 2.35. The number of sulfone groups is 1. The number of amides is 1. The van der Waals surface area contributed by atoms with Crippen LogP contribution >= 0.6 is 22.6 Å². The molecule has 0 aliphatic rings. The lowest BCUT2D eigenvalue weighted by Crippen LogP contribution is -2.37. The van der Waals surface area contributed by atoms with Crippen LogP contribution in [0.2, 0.25) is 0 Å². The summed E-state index contributed by atoms with van der Waals surface area (Å²) >= 11 is 2.15. The summed E-state index contributed by atoms with van der Waals surface area (Å²) in [6, 6.07) is 11.8. The van der Waals surface area contributed by atoms with Crippen molar-refractivity contribution in [1.82, 2.24) is 19.4 Å². The Balaban J connectivity index is 1.55. The van der Waals surface area contributed by atoms with Gasteiger partial charge in [-0.05, 0) is 49.4 Å². The zero-order valence-electron chi connectivity index (χ0n) is 22.2. The summed E-state index contributed by atoms with van der Waals surface area (Å²) in [5, 5.41) is 3.28. The van der Waals surface area contributed by atoms with Gasteiger partial charge in [-0.25, -0.2) is 18.4 Å². The van der Waals surface area contributed by atoms with Gasteiger partial charge in [-0.2, -0.15) is 13.2 Å². The molecule has 0 fully saturated rings. The molecule has 2 heterocycles. The molecule has 1 amide bonds. The number of fused-ring (bicyclic) bond motifs is 1. The summed E-state index contributed by atoms with van der Waals surface area (Å²) in [5.74, 6) is 0.0174.